The first kappa shape index (κ1) is 23.5. The number of benzene rings is 2. The lowest BCUT2D eigenvalue weighted by Gasteiger charge is -2.35. The van der Waals surface area contributed by atoms with E-state index >= 15 is 0 Å². The zero-order valence-corrected chi connectivity index (χ0v) is 19.8. The Morgan fingerprint density at radius 2 is 1.85 bits per heavy atom. The van der Waals surface area contributed by atoms with Crippen molar-refractivity contribution in [2.24, 2.45) is 0 Å². The van der Waals surface area contributed by atoms with E-state index in [9.17, 15) is 9.18 Å². The van der Waals surface area contributed by atoms with Gasteiger partial charge in [-0.25, -0.2) is 9.37 Å². The first-order chi connectivity index (χ1) is 16.0. The second kappa shape index (κ2) is 11.0. The molecular weight excluding hydrogens is 439 g/mol. The third-order valence-electron chi connectivity index (χ3n) is 5.66. The molecule has 0 saturated carbocycles. The van der Waals surface area contributed by atoms with Crippen molar-refractivity contribution in [2.75, 3.05) is 38.6 Å². The van der Waals surface area contributed by atoms with Crippen molar-refractivity contribution in [1.82, 2.24) is 19.8 Å². The third-order valence-corrected chi connectivity index (χ3v) is 6.62. The van der Waals surface area contributed by atoms with Gasteiger partial charge in [0.05, 0.1) is 25.0 Å². The number of halogens is 1. The lowest BCUT2D eigenvalue weighted by Crippen LogP contribution is -2.44. The van der Waals surface area contributed by atoms with Gasteiger partial charge in [0.2, 0.25) is 5.91 Å². The molecular formula is C25H29FN4O2S. The van der Waals surface area contributed by atoms with Crippen LogP contribution in [0, 0.1) is 19.7 Å². The number of ether oxygens (including phenoxy) is 1. The molecule has 1 unspecified atom stereocenters. The summed E-state index contributed by atoms with van der Waals surface area (Å²) in [6.07, 6.45) is 3.67. The zero-order chi connectivity index (χ0) is 23.2. The summed E-state index contributed by atoms with van der Waals surface area (Å²) < 4.78 is 20.9. The van der Waals surface area contributed by atoms with E-state index in [0.29, 0.717) is 19.8 Å². The summed E-state index contributed by atoms with van der Waals surface area (Å²) in [5, 5.41) is 3.84. The van der Waals surface area contributed by atoms with Gasteiger partial charge in [0.15, 0.2) is 5.16 Å². The van der Waals surface area contributed by atoms with Gasteiger partial charge in [-0.1, -0.05) is 30.0 Å². The molecule has 1 aliphatic heterocycles. The number of rotatable bonds is 8. The third kappa shape index (κ3) is 6.22. The fourth-order valence-corrected chi connectivity index (χ4v) is 4.91. The van der Waals surface area contributed by atoms with Crippen molar-refractivity contribution in [3.05, 3.63) is 77.4 Å². The van der Waals surface area contributed by atoms with Crippen LogP contribution in [-0.4, -0.2) is 59.0 Å². The quantitative estimate of drug-likeness (QED) is 0.508. The van der Waals surface area contributed by atoms with E-state index in [-0.39, 0.29) is 23.5 Å². The molecule has 2 heterocycles. The van der Waals surface area contributed by atoms with Gasteiger partial charge in [-0.3, -0.25) is 14.3 Å². The number of morpholine rings is 1. The largest absolute Gasteiger partial charge is 0.379 e. The summed E-state index contributed by atoms with van der Waals surface area (Å²) in [6.45, 7) is 7.46. The highest BCUT2D eigenvalue weighted by molar-refractivity contribution is 7.99. The molecule has 1 amide bonds. The molecule has 3 aromatic rings. The molecule has 0 aliphatic carbocycles. The zero-order valence-electron chi connectivity index (χ0n) is 19.0. The Kier molecular flexibility index (Phi) is 7.80. The van der Waals surface area contributed by atoms with Gasteiger partial charge in [-0.05, 0) is 54.8 Å². The lowest BCUT2D eigenvalue weighted by molar-refractivity contribution is -0.118. The minimum Gasteiger partial charge on any atom is -0.379 e. The Hall–Kier alpha value is -2.68. The molecule has 1 fully saturated rings. The number of aryl methyl sites for hydroxylation is 2. The Morgan fingerprint density at radius 1 is 1.15 bits per heavy atom. The van der Waals surface area contributed by atoms with E-state index in [0.717, 1.165) is 29.5 Å². The minimum absolute atomic E-state index is 0.0271. The summed E-state index contributed by atoms with van der Waals surface area (Å²) in [5.41, 5.74) is 4.39. The molecule has 4 rings (SSSR count). The van der Waals surface area contributed by atoms with Crippen molar-refractivity contribution in [3.8, 4) is 5.69 Å². The van der Waals surface area contributed by atoms with Crippen LogP contribution in [0.4, 0.5) is 4.39 Å². The topological polar surface area (TPSA) is 59.4 Å². The summed E-state index contributed by atoms with van der Waals surface area (Å²) in [7, 11) is 0. The van der Waals surface area contributed by atoms with Crippen molar-refractivity contribution >= 4 is 17.7 Å². The Morgan fingerprint density at radius 3 is 2.55 bits per heavy atom. The number of nitrogens with one attached hydrogen (secondary N) is 1. The predicted molar refractivity (Wildman–Crippen MR) is 128 cm³/mol. The van der Waals surface area contributed by atoms with Crippen LogP contribution in [-0.2, 0) is 9.53 Å². The molecule has 1 aromatic heterocycles. The van der Waals surface area contributed by atoms with Crippen molar-refractivity contribution in [1.29, 1.82) is 0 Å². The molecule has 33 heavy (non-hydrogen) atoms. The molecule has 0 spiro atoms. The number of carbonyl (C=O) groups excluding carboxylic acids is 1. The molecule has 0 radical (unpaired) electrons. The van der Waals surface area contributed by atoms with E-state index < -0.39 is 0 Å². The minimum atomic E-state index is -0.265. The van der Waals surface area contributed by atoms with Crippen molar-refractivity contribution < 1.29 is 13.9 Å². The fraction of sp³-hybridized carbons (Fsp3) is 0.360. The van der Waals surface area contributed by atoms with Gasteiger partial charge in [0, 0.05) is 37.7 Å². The fourth-order valence-electron chi connectivity index (χ4n) is 4.11. The Bertz CT molecular complexity index is 1060. The van der Waals surface area contributed by atoms with Crippen LogP contribution in [0.3, 0.4) is 0 Å². The number of amides is 1. The lowest BCUT2D eigenvalue weighted by atomic mass is 10.0. The molecule has 1 saturated heterocycles. The second-order valence-electron chi connectivity index (χ2n) is 8.23. The molecule has 1 N–H and O–H groups in total. The van der Waals surface area contributed by atoms with Gasteiger partial charge in [-0.15, -0.1) is 0 Å². The van der Waals surface area contributed by atoms with E-state index in [1.54, 1.807) is 18.3 Å². The average Bonchev–Trinajstić information content (AvgIpc) is 3.28. The van der Waals surface area contributed by atoms with E-state index in [4.69, 9.17) is 4.74 Å². The number of carbonyl (C=O) groups is 1. The van der Waals surface area contributed by atoms with Crippen LogP contribution in [0.2, 0.25) is 0 Å². The highest BCUT2D eigenvalue weighted by Gasteiger charge is 2.23. The number of hydrogen-bond acceptors (Lipinski definition) is 5. The molecule has 8 heteroatoms. The van der Waals surface area contributed by atoms with Gasteiger partial charge in [0.1, 0.15) is 5.82 Å². The maximum Gasteiger partial charge on any atom is 0.230 e. The summed E-state index contributed by atoms with van der Waals surface area (Å²) in [5.74, 6) is -0.0595. The van der Waals surface area contributed by atoms with Crippen LogP contribution < -0.4 is 5.32 Å². The van der Waals surface area contributed by atoms with Crippen LogP contribution in [0.5, 0.6) is 0 Å². The van der Waals surface area contributed by atoms with E-state index in [1.807, 2.05) is 10.8 Å². The molecule has 2 aromatic carbocycles. The number of nitrogens with zero attached hydrogens (tertiary/aromatic N) is 3. The smallest absolute Gasteiger partial charge is 0.230 e. The van der Waals surface area contributed by atoms with Crippen molar-refractivity contribution in [2.45, 2.75) is 25.0 Å². The van der Waals surface area contributed by atoms with Gasteiger partial charge in [-0.2, -0.15) is 0 Å². The van der Waals surface area contributed by atoms with Crippen LogP contribution >= 0.6 is 11.8 Å². The number of aromatic nitrogens is 2. The summed E-state index contributed by atoms with van der Waals surface area (Å²) in [6, 6.07) is 12.8. The Labute approximate surface area is 198 Å². The standard InChI is InChI=1S/C25H29FN4O2S/c1-18-13-19(2)15-22(14-18)30-8-7-27-25(30)33-17-24(31)28-16-23(29-9-11-32-12-10-29)20-3-5-21(26)6-4-20/h3-8,13-15,23H,9-12,16-17H2,1-2H3,(H,28,31). The van der Waals surface area contributed by atoms with Crippen LogP contribution in [0.25, 0.3) is 5.69 Å². The van der Waals surface area contributed by atoms with Crippen molar-refractivity contribution in [3.63, 3.8) is 0 Å². The number of hydrogen-bond donors (Lipinski definition) is 1. The van der Waals surface area contributed by atoms with Gasteiger partial charge < -0.3 is 10.1 Å². The first-order valence-electron chi connectivity index (χ1n) is 11.1. The number of thioether (sulfide) groups is 1. The first-order valence-corrected chi connectivity index (χ1v) is 12.1. The van der Waals surface area contributed by atoms with E-state index in [2.05, 4.69) is 47.2 Å². The predicted octanol–water partition coefficient (Wildman–Crippen LogP) is 3.91. The molecule has 1 atom stereocenters. The SMILES string of the molecule is Cc1cc(C)cc(-n2ccnc2SCC(=O)NCC(c2ccc(F)cc2)N2CCOCC2)c1. The van der Waals surface area contributed by atoms with Gasteiger partial charge >= 0.3 is 0 Å². The molecule has 6 nitrogen and oxygen atoms in total. The highest BCUT2D eigenvalue weighted by Crippen LogP contribution is 2.24. The highest BCUT2D eigenvalue weighted by atomic mass is 32.2. The second-order valence-corrected chi connectivity index (χ2v) is 9.18. The summed E-state index contributed by atoms with van der Waals surface area (Å²) in [4.78, 5) is 19.4. The number of imidazole rings is 1. The Balaban J connectivity index is 1.38. The van der Waals surface area contributed by atoms with Gasteiger partial charge in [0.25, 0.3) is 0 Å². The maximum absolute atomic E-state index is 13.4. The normalized spacial score (nSPS) is 15.4. The van der Waals surface area contributed by atoms with Crippen LogP contribution in [0.15, 0.2) is 60.0 Å². The molecule has 174 valence electrons. The summed E-state index contributed by atoms with van der Waals surface area (Å²) >= 11 is 1.41. The average molecular weight is 469 g/mol. The van der Waals surface area contributed by atoms with E-state index in [1.165, 1.54) is 35.0 Å². The molecule has 1 aliphatic rings. The monoisotopic (exact) mass is 468 g/mol. The van der Waals surface area contributed by atoms with Crippen LogP contribution in [0.1, 0.15) is 22.7 Å². The maximum atomic E-state index is 13.4. The molecule has 0 bridgehead atoms.